The third kappa shape index (κ3) is 3.62. The highest BCUT2D eigenvalue weighted by atomic mass is 32.1. The van der Waals surface area contributed by atoms with E-state index in [2.05, 4.69) is 33.7 Å². The predicted molar refractivity (Wildman–Crippen MR) is 75.8 cm³/mol. The van der Waals surface area contributed by atoms with Crippen LogP contribution < -0.4 is 5.32 Å². The van der Waals surface area contributed by atoms with Crippen LogP contribution in [0.15, 0.2) is 29.8 Å². The van der Waals surface area contributed by atoms with Crippen LogP contribution in [0, 0.1) is 6.92 Å². The highest BCUT2D eigenvalue weighted by molar-refractivity contribution is 7.09. The lowest BCUT2D eigenvalue weighted by Gasteiger charge is -2.16. The molecule has 96 valence electrons. The molecular formula is C14H19N3S. The molecule has 0 aliphatic carbocycles. The van der Waals surface area contributed by atoms with E-state index in [1.165, 1.54) is 0 Å². The van der Waals surface area contributed by atoms with Crippen LogP contribution in [0.3, 0.4) is 0 Å². The maximum absolute atomic E-state index is 4.53. The summed E-state index contributed by atoms with van der Waals surface area (Å²) in [4.78, 5) is 8.98. The molecule has 2 rings (SSSR count). The summed E-state index contributed by atoms with van der Waals surface area (Å²) < 4.78 is 0. The van der Waals surface area contributed by atoms with E-state index < -0.39 is 0 Å². The number of rotatable bonds is 6. The first-order valence-corrected chi connectivity index (χ1v) is 7.23. The molecule has 0 radical (unpaired) electrons. The molecule has 3 nitrogen and oxygen atoms in total. The minimum atomic E-state index is 0.257. The van der Waals surface area contributed by atoms with Gasteiger partial charge in [0.25, 0.3) is 0 Å². The number of pyridine rings is 1. The molecule has 0 amide bonds. The monoisotopic (exact) mass is 261 g/mol. The molecule has 0 spiro atoms. The lowest BCUT2D eigenvalue weighted by atomic mass is 10.1. The molecule has 4 heteroatoms. The molecule has 2 aromatic heterocycles. The fourth-order valence-electron chi connectivity index (χ4n) is 1.89. The van der Waals surface area contributed by atoms with E-state index in [0.29, 0.717) is 0 Å². The van der Waals surface area contributed by atoms with Crippen LogP contribution in [-0.2, 0) is 6.42 Å². The van der Waals surface area contributed by atoms with Crippen molar-refractivity contribution >= 4 is 11.3 Å². The standard InChI is InChI=1S/C14H19N3S/c1-3-7-15-14(13-6-4-5-8-16-13)9-12-10-18-11(2)17-12/h4-6,8,10,14-15H,3,7,9H2,1-2H3. The van der Waals surface area contributed by atoms with Crippen molar-refractivity contribution in [2.45, 2.75) is 32.7 Å². The molecule has 0 aliphatic heterocycles. The zero-order valence-corrected chi connectivity index (χ0v) is 11.7. The minimum Gasteiger partial charge on any atom is -0.308 e. The summed E-state index contributed by atoms with van der Waals surface area (Å²) in [6.07, 6.45) is 3.88. The Labute approximate surface area is 112 Å². The molecular weight excluding hydrogens is 242 g/mol. The van der Waals surface area contributed by atoms with E-state index >= 15 is 0 Å². The molecule has 1 atom stereocenters. The minimum absolute atomic E-state index is 0.257. The van der Waals surface area contributed by atoms with Crippen molar-refractivity contribution in [1.29, 1.82) is 0 Å². The van der Waals surface area contributed by atoms with Crippen molar-refractivity contribution in [1.82, 2.24) is 15.3 Å². The van der Waals surface area contributed by atoms with Crippen LogP contribution in [0.1, 0.15) is 35.8 Å². The quantitative estimate of drug-likeness (QED) is 0.868. The van der Waals surface area contributed by atoms with Gasteiger partial charge in [0.2, 0.25) is 0 Å². The Morgan fingerprint density at radius 3 is 2.89 bits per heavy atom. The van der Waals surface area contributed by atoms with Crippen molar-refractivity contribution in [3.63, 3.8) is 0 Å². The van der Waals surface area contributed by atoms with Gasteiger partial charge < -0.3 is 5.32 Å². The molecule has 0 saturated heterocycles. The number of aromatic nitrogens is 2. The van der Waals surface area contributed by atoms with Gasteiger partial charge >= 0.3 is 0 Å². The molecule has 2 heterocycles. The van der Waals surface area contributed by atoms with E-state index in [1.54, 1.807) is 11.3 Å². The Morgan fingerprint density at radius 2 is 2.28 bits per heavy atom. The third-order valence-electron chi connectivity index (χ3n) is 2.77. The fourth-order valence-corrected chi connectivity index (χ4v) is 2.52. The Bertz CT molecular complexity index is 467. The van der Waals surface area contributed by atoms with Gasteiger partial charge in [-0.15, -0.1) is 11.3 Å². The van der Waals surface area contributed by atoms with Crippen LogP contribution in [0.4, 0.5) is 0 Å². The van der Waals surface area contributed by atoms with Crippen LogP contribution in [0.5, 0.6) is 0 Å². The van der Waals surface area contributed by atoms with Crippen molar-refractivity contribution in [3.05, 3.63) is 46.2 Å². The topological polar surface area (TPSA) is 37.8 Å². The average Bonchev–Trinajstić information content (AvgIpc) is 2.81. The molecule has 1 N–H and O–H groups in total. The Morgan fingerprint density at radius 1 is 1.39 bits per heavy atom. The number of thiazole rings is 1. The summed E-state index contributed by atoms with van der Waals surface area (Å²) >= 11 is 1.71. The average molecular weight is 261 g/mol. The Kier molecular flexibility index (Phi) is 4.84. The van der Waals surface area contributed by atoms with E-state index in [-0.39, 0.29) is 6.04 Å². The van der Waals surface area contributed by atoms with E-state index in [9.17, 15) is 0 Å². The molecule has 1 unspecified atom stereocenters. The second-order valence-electron chi connectivity index (χ2n) is 4.32. The fraction of sp³-hybridized carbons (Fsp3) is 0.429. The van der Waals surface area contributed by atoms with Crippen LogP contribution in [0.25, 0.3) is 0 Å². The van der Waals surface area contributed by atoms with Gasteiger partial charge in [-0.1, -0.05) is 13.0 Å². The molecule has 0 bridgehead atoms. The first-order chi connectivity index (χ1) is 8.79. The molecule has 0 aromatic carbocycles. The normalized spacial score (nSPS) is 12.6. The van der Waals surface area contributed by atoms with Gasteiger partial charge in [0.15, 0.2) is 0 Å². The summed E-state index contributed by atoms with van der Waals surface area (Å²) in [5.41, 5.74) is 2.24. The van der Waals surface area contributed by atoms with E-state index in [0.717, 1.165) is 35.8 Å². The zero-order valence-electron chi connectivity index (χ0n) is 10.9. The van der Waals surface area contributed by atoms with E-state index in [1.807, 2.05) is 25.3 Å². The number of nitrogens with one attached hydrogen (secondary N) is 1. The number of hydrogen-bond acceptors (Lipinski definition) is 4. The molecule has 2 aromatic rings. The highest BCUT2D eigenvalue weighted by Gasteiger charge is 2.13. The van der Waals surface area contributed by atoms with Gasteiger partial charge in [-0.25, -0.2) is 4.98 Å². The van der Waals surface area contributed by atoms with Gasteiger partial charge in [0, 0.05) is 18.0 Å². The summed E-state index contributed by atoms with van der Waals surface area (Å²) in [6, 6.07) is 6.32. The SMILES string of the molecule is CCCNC(Cc1csc(C)n1)c1ccccn1. The lowest BCUT2D eigenvalue weighted by molar-refractivity contribution is 0.514. The van der Waals surface area contributed by atoms with Gasteiger partial charge in [-0.05, 0) is 32.0 Å². The smallest absolute Gasteiger partial charge is 0.0897 e. The Balaban J connectivity index is 2.10. The maximum atomic E-state index is 4.53. The molecule has 18 heavy (non-hydrogen) atoms. The van der Waals surface area contributed by atoms with Gasteiger partial charge in [0.1, 0.15) is 0 Å². The highest BCUT2D eigenvalue weighted by Crippen LogP contribution is 2.18. The second kappa shape index (κ2) is 6.61. The predicted octanol–water partition coefficient (Wildman–Crippen LogP) is 3.13. The van der Waals surface area contributed by atoms with Gasteiger partial charge in [-0.3, -0.25) is 4.98 Å². The first-order valence-electron chi connectivity index (χ1n) is 6.35. The second-order valence-corrected chi connectivity index (χ2v) is 5.39. The first kappa shape index (κ1) is 13.2. The van der Waals surface area contributed by atoms with Crippen LogP contribution in [0.2, 0.25) is 0 Å². The van der Waals surface area contributed by atoms with Crippen LogP contribution >= 0.6 is 11.3 Å². The zero-order chi connectivity index (χ0) is 12.8. The largest absolute Gasteiger partial charge is 0.308 e. The van der Waals surface area contributed by atoms with Gasteiger partial charge in [-0.2, -0.15) is 0 Å². The maximum Gasteiger partial charge on any atom is 0.0897 e. The van der Waals surface area contributed by atoms with Crippen molar-refractivity contribution < 1.29 is 0 Å². The lowest BCUT2D eigenvalue weighted by Crippen LogP contribution is -2.25. The van der Waals surface area contributed by atoms with Crippen molar-refractivity contribution in [2.24, 2.45) is 0 Å². The number of nitrogens with zero attached hydrogens (tertiary/aromatic N) is 2. The Hall–Kier alpha value is -1.26. The summed E-state index contributed by atoms with van der Waals surface area (Å²) in [5.74, 6) is 0. The van der Waals surface area contributed by atoms with E-state index in [4.69, 9.17) is 0 Å². The van der Waals surface area contributed by atoms with Gasteiger partial charge in [0.05, 0.1) is 22.4 Å². The van der Waals surface area contributed by atoms with Crippen LogP contribution in [-0.4, -0.2) is 16.5 Å². The van der Waals surface area contributed by atoms with Crippen molar-refractivity contribution in [2.75, 3.05) is 6.54 Å². The number of aryl methyl sites for hydroxylation is 1. The molecule has 0 fully saturated rings. The summed E-state index contributed by atoms with van der Waals surface area (Å²) in [7, 11) is 0. The van der Waals surface area contributed by atoms with Crippen molar-refractivity contribution in [3.8, 4) is 0 Å². The summed E-state index contributed by atoms with van der Waals surface area (Å²) in [5, 5.41) is 6.81. The number of hydrogen-bond donors (Lipinski definition) is 1. The summed E-state index contributed by atoms with van der Waals surface area (Å²) in [6.45, 7) is 5.23. The molecule has 0 aliphatic rings. The third-order valence-corrected chi connectivity index (χ3v) is 3.59. The molecule has 0 saturated carbocycles.